The summed E-state index contributed by atoms with van der Waals surface area (Å²) in [6, 6.07) is 11.1. The quantitative estimate of drug-likeness (QED) is 0.552. The summed E-state index contributed by atoms with van der Waals surface area (Å²) in [4.78, 5) is 4.55. The number of fused-ring (bicyclic) bond motifs is 3. The predicted octanol–water partition coefficient (Wildman–Crippen LogP) is 4.91. The highest BCUT2D eigenvalue weighted by atomic mass is 35.5. The van der Waals surface area contributed by atoms with Crippen LogP contribution in [-0.2, 0) is 0 Å². The van der Waals surface area contributed by atoms with Crippen LogP contribution in [0.2, 0.25) is 5.02 Å². The van der Waals surface area contributed by atoms with Crippen molar-refractivity contribution in [3.05, 3.63) is 47.0 Å². The first-order chi connectivity index (χ1) is 14.1. The molecule has 29 heavy (non-hydrogen) atoms. The van der Waals surface area contributed by atoms with Gasteiger partial charge < -0.3 is 19.9 Å². The van der Waals surface area contributed by atoms with Gasteiger partial charge in [-0.15, -0.1) is 10.2 Å². The van der Waals surface area contributed by atoms with Gasteiger partial charge in [-0.2, -0.15) is 4.98 Å². The molecule has 0 aliphatic carbocycles. The Bertz CT molecular complexity index is 1050. The Kier molecular flexibility index (Phi) is 5.64. The summed E-state index contributed by atoms with van der Waals surface area (Å²) in [7, 11) is 0. The first kappa shape index (κ1) is 19.6. The summed E-state index contributed by atoms with van der Waals surface area (Å²) >= 11 is 7.71. The SMILES string of the molecule is CCOc1cc(C2Nc3ccccc3-c3nnc(SCC)nc3O2)cc(Cl)c1O. The molecule has 0 spiro atoms. The molecule has 1 unspecified atom stereocenters. The fourth-order valence-electron chi connectivity index (χ4n) is 3.00. The summed E-state index contributed by atoms with van der Waals surface area (Å²) < 4.78 is 11.7. The molecule has 0 bridgehead atoms. The van der Waals surface area contributed by atoms with Crippen molar-refractivity contribution >= 4 is 29.1 Å². The van der Waals surface area contributed by atoms with Crippen LogP contribution >= 0.6 is 23.4 Å². The lowest BCUT2D eigenvalue weighted by Gasteiger charge is -2.20. The lowest BCUT2D eigenvalue weighted by Crippen LogP contribution is -2.17. The highest BCUT2D eigenvalue weighted by Gasteiger charge is 2.27. The predicted molar refractivity (Wildman–Crippen MR) is 113 cm³/mol. The van der Waals surface area contributed by atoms with Crippen molar-refractivity contribution in [1.29, 1.82) is 0 Å². The van der Waals surface area contributed by atoms with Crippen molar-refractivity contribution in [2.24, 2.45) is 0 Å². The molecule has 2 heterocycles. The number of phenols is 1. The monoisotopic (exact) mass is 430 g/mol. The van der Waals surface area contributed by atoms with Gasteiger partial charge in [0.25, 0.3) is 0 Å². The molecule has 1 aliphatic heterocycles. The van der Waals surface area contributed by atoms with E-state index in [2.05, 4.69) is 20.5 Å². The number of halogens is 1. The van der Waals surface area contributed by atoms with Crippen LogP contribution in [0.1, 0.15) is 25.6 Å². The van der Waals surface area contributed by atoms with Gasteiger partial charge in [0.15, 0.2) is 23.4 Å². The van der Waals surface area contributed by atoms with Crippen LogP contribution < -0.4 is 14.8 Å². The highest BCUT2D eigenvalue weighted by Crippen LogP contribution is 2.42. The van der Waals surface area contributed by atoms with Crippen LogP contribution in [0.25, 0.3) is 11.3 Å². The second-order valence-corrected chi connectivity index (χ2v) is 7.79. The van der Waals surface area contributed by atoms with Crippen molar-refractivity contribution in [2.45, 2.75) is 25.2 Å². The molecule has 0 saturated heterocycles. The Morgan fingerprint density at radius 2 is 2.07 bits per heavy atom. The second-order valence-electron chi connectivity index (χ2n) is 6.15. The Balaban J connectivity index is 1.82. The number of nitrogens with one attached hydrogen (secondary N) is 1. The van der Waals surface area contributed by atoms with E-state index in [0.29, 0.717) is 34.7 Å². The molecule has 1 atom stereocenters. The van der Waals surface area contributed by atoms with E-state index in [4.69, 9.17) is 21.1 Å². The molecule has 150 valence electrons. The van der Waals surface area contributed by atoms with Gasteiger partial charge >= 0.3 is 0 Å². The number of phenolic OH excluding ortho intramolecular Hbond substituents is 1. The first-order valence-corrected chi connectivity index (χ1v) is 10.5. The molecule has 1 aromatic heterocycles. The molecular formula is C20H19ClN4O3S. The molecule has 0 saturated carbocycles. The number of para-hydroxylation sites is 1. The lowest BCUT2D eigenvalue weighted by atomic mass is 10.1. The minimum absolute atomic E-state index is 0.0997. The summed E-state index contributed by atoms with van der Waals surface area (Å²) in [5.41, 5.74) is 2.91. The van der Waals surface area contributed by atoms with Gasteiger partial charge in [0.1, 0.15) is 0 Å². The van der Waals surface area contributed by atoms with Crippen molar-refractivity contribution in [1.82, 2.24) is 15.2 Å². The molecule has 0 fully saturated rings. The number of benzene rings is 2. The van der Waals surface area contributed by atoms with Gasteiger partial charge in [-0.05, 0) is 30.9 Å². The van der Waals surface area contributed by atoms with E-state index in [0.717, 1.165) is 17.0 Å². The fourth-order valence-corrected chi connectivity index (χ4v) is 3.72. The van der Waals surface area contributed by atoms with Crippen LogP contribution in [0.5, 0.6) is 17.4 Å². The van der Waals surface area contributed by atoms with Crippen LogP contribution in [0.3, 0.4) is 0 Å². The number of rotatable bonds is 5. The minimum Gasteiger partial charge on any atom is -0.503 e. The Hall–Kier alpha value is -2.71. The number of aromatic nitrogens is 3. The summed E-state index contributed by atoms with van der Waals surface area (Å²) in [5, 5.41) is 22.8. The molecule has 2 aromatic carbocycles. The van der Waals surface area contributed by atoms with Crippen molar-refractivity contribution < 1.29 is 14.6 Å². The maximum atomic E-state index is 10.2. The van der Waals surface area contributed by atoms with Crippen molar-refractivity contribution in [3.8, 4) is 28.6 Å². The standard InChI is InChI=1S/C20H19ClN4O3S/c1-3-27-15-10-11(9-13(21)17(15)26)18-22-14-8-6-5-7-12(14)16-19(28-18)23-20(25-24-16)29-4-2/h5-10,18,22,26H,3-4H2,1-2H3. The molecule has 4 rings (SSSR count). The zero-order valence-corrected chi connectivity index (χ0v) is 17.4. The maximum Gasteiger partial charge on any atom is 0.247 e. The normalized spacial score (nSPS) is 14.8. The van der Waals surface area contributed by atoms with Crippen LogP contribution in [0.4, 0.5) is 5.69 Å². The van der Waals surface area contributed by atoms with E-state index in [1.807, 2.05) is 38.1 Å². The van der Waals surface area contributed by atoms with Crippen molar-refractivity contribution in [2.75, 3.05) is 17.7 Å². The summed E-state index contributed by atoms with van der Waals surface area (Å²) in [6.45, 7) is 4.25. The Labute approximate surface area is 177 Å². The summed E-state index contributed by atoms with van der Waals surface area (Å²) in [5.74, 6) is 1.39. The largest absolute Gasteiger partial charge is 0.503 e. The van der Waals surface area contributed by atoms with E-state index < -0.39 is 6.23 Å². The molecule has 1 aliphatic rings. The third-order valence-corrected chi connectivity index (χ3v) is 5.27. The van der Waals surface area contributed by atoms with Crippen LogP contribution in [0, 0.1) is 0 Å². The van der Waals surface area contributed by atoms with Gasteiger partial charge in [0.05, 0.1) is 11.6 Å². The number of nitrogens with zero attached hydrogens (tertiary/aromatic N) is 3. The molecule has 2 N–H and O–H groups in total. The Morgan fingerprint density at radius 3 is 2.86 bits per heavy atom. The number of hydrogen-bond donors (Lipinski definition) is 2. The van der Waals surface area contributed by atoms with E-state index in [-0.39, 0.29) is 10.8 Å². The smallest absolute Gasteiger partial charge is 0.247 e. The first-order valence-electron chi connectivity index (χ1n) is 9.16. The number of thioether (sulfide) groups is 1. The van der Waals surface area contributed by atoms with Crippen LogP contribution in [0.15, 0.2) is 41.6 Å². The topological polar surface area (TPSA) is 89.4 Å². The van der Waals surface area contributed by atoms with E-state index in [9.17, 15) is 5.11 Å². The van der Waals surface area contributed by atoms with Crippen LogP contribution in [-0.4, -0.2) is 32.6 Å². The molecule has 7 nitrogen and oxygen atoms in total. The molecule has 0 radical (unpaired) electrons. The van der Waals surface area contributed by atoms with Gasteiger partial charge in [-0.1, -0.05) is 48.5 Å². The maximum absolute atomic E-state index is 10.2. The van der Waals surface area contributed by atoms with E-state index in [1.165, 1.54) is 11.8 Å². The van der Waals surface area contributed by atoms with Gasteiger partial charge in [-0.3, -0.25) is 0 Å². The van der Waals surface area contributed by atoms with E-state index in [1.54, 1.807) is 12.1 Å². The zero-order chi connectivity index (χ0) is 20.4. The molecular weight excluding hydrogens is 412 g/mol. The molecule has 3 aromatic rings. The average molecular weight is 431 g/mol. The van der Waals surface area contributed by atoms with Gasteiger partial charge in [0.2, 0.25) is 11.0 Å². The molecule has 0 amide bonds. The van der Waals surface area contributed by atoms with Gasteiger partial charge in [0, 0.05) is 16.8 Å². The number of anilines is 1. The van der Waals surface area contributed by atoms with Gasteiger partial charge in [-0.25, -0.2) is 0 Å². The third-order valence-electron chi connectivity index (χ3n) is 4.26. The zero-order valence-electron chi connectivity index (χ0n) is 15.8. The third kappa shape index (κ3) is 3.90. The highest BCUT2D eigenvalue weighted by molar-refractivity contribution is 7.99. The summed E-state index contributed by atoms with van der Waals surface area (Å²) in [6.07, 6.45) is -0.620. The number of hydrogen-bond acceptors (Lipinski definition) is 8. The second kappa shape index (κ2) is 8.34. The number of aromatic hydroxyl groups is 1. The molecule has 9 heteroatoms. The number of ether oxygens (including phenoxy) is 2. The average Bonchev–Trinajstić information content (AvgIpc) is 2.88. The lowest BCUT2D eigenvalue weighted by molar-refractivity contribution is 0.224. The van der Waals surface area contributed by atoms with E-state index >= 15 is 0 Å². The fraction of sp³-hybridized carbons (Fsp3) is 0.250. The minimum atomic E-state index is -0.620. The van der Waals surface area contributed by atoms with Crippen molar-refractivity contribution in [3.63, 3.8) is 0 Å². The Morgan fingerprint density at radius 1 is 1.24 bits per heavy atom.